The van der Waals surface area contributed by atoms with Gasteiger partial charge in [0.2, 0.25) is 0 Å². The quantitative estimate of drug-likeness (QED) is 0.159. The second kappa shape index (κ2) is 11.8. The summed E-state index contributed by atoms with van der Waals surface area (Å²) in [6, 6.07) is 61.0. The zero-order chi connectivity index (χ0) is 36.5. The van der Waals surface area contributed by atoms with Crippen LogP contribution in [-0.2, 0) is 0 Å². The Morgan fingerprint density at radius 2 is 0.714 bits per heavy atom. The Morgan fingerprint density at radius 3 is 1.21 bits per heavy atom. The summed E-state index contributed by atoms with van der Waals surface area (Å²) in [5, 5.41) is 10.5. The Labute approximate surface area is 328 Å². The van der Waals surface area contributed by atoms with Crippen LogP contribution in [0.1, 0.15) is 84.5 Å². The fraction of sp³-hybridized carbons (Fsp3) is 0.179. The molecule has 0 aromatic heterocycles. The lowest BCUT2D eigenvalue weighted by atomic mass is 9.80. The molecule has 0 spiro atoms. The maximum absolute atomic E-state index is 2.57. The van der Waals surface area contributed by atoms with Gasteiger partial charge in [-0.1, -0.05) is 146 Å². The van der Waals surface area contributed by atoms with Crippen LogP contribution in [-0.4, -0.2) is 0 Å². The Hall–Kier alpha value is -5.98. The van der Waals surface area contributed by atoms with Gasteiger partial charge in [-0.05, 0) is 184 Å². The molecule has 4 bridgehead atoms. The molecule has 2 saturated carbocycles. The average molecular weight is 715 g/mol. The Morgan fingerprint density at radius 1 is 0.304 bits per heavy atom. The van der Waals surface area contributed by atoms with Gasteiger partial charge in [-0.3, -0.25) is 0 Å². The highest BCUT2D eigenvalue weighted by atomic mass is 14.4. The first-order chi connectivity index (χ1) is 27.8. The van der Waals surface area contributed by atoms with E-state index in [-0.39, 0.29) is 0 Å². The van der Waals surface area contributed by atoms with Crippen LogP contribution in [0.4, 0.5) is 0 Å². The molecule has 0 aliphatic heterocycles. The monoisotopic (exact) mass is 714 g/mol. The summed E-state index contributed by atoms with van der Waals surface area (Å²) in [4.78, 5) is 0. The highest BCUT2D eigenvalue weighted by Crippen LogP contribution is 2.58. The minimum absolute atomic E-state index is 0.690. The highest BCUT2D eigenvalue weighted by Gasteiger charge is 2.39. The Kier molecular flexibility index (Phi) is 6.56. The van der Waals surface area contributed by atoms with Crippen molar-refractivity contribution < 1.29 is 0 Å². The van der Waals surface area contributed by atoms with Gasteiger partial charge in [-0.15, -0.1) is 0 Å². The van der Waals surface area contributed by atoms with Gasteiger partial charge in [0.15, 0.2) is 0 Å². The minimum Gasteiger partial charge on any atom is -0.0616 e. The van der Waals surface area contributed by atoms with E-state index in [1.807, 2.05) is 0 Å². The number of hydrogen-bond donors (Lipinski definition) is 0. The van der Waals surface area contributed by atoms with Crippen molar-refractivity contribution in [3.63, 3.8) is 0 Å². The van der Waals surface area contributed by atoms with Crippen LogP contribution in [0.5, 0.6) is 0 Å². The molecule has 0 heteroatoms. The van der Waals surface area contributed by atoms with Gasteiger partial charge in [0.05, 0.1) is 0 Å². The molecule has 266 valence electrons. The third-order valence-electron chi connectivity index (χ3n) is 14.7. The predicted molar refractivity (Wildman–Crippen MR) is 237 cm³/mol. The van der Waals surface area contributed by atoms with E-state index in [4.69, 9.17) is 0 Å². The molecule has 13 rings (SSSR count). The number of benzene rings is 9. The van der Waals surface area contributed by atoms with Gasteiger partial charge < -0.3 is 0 Å². The zero-order valence-corrected chi connectivity index (χ0v) is 31.6. The van der Waals surface area contributed by atoms with E-state index in [2.05, 4.69) is 158 Å². The summed E-state index contributed by atoms with van der Waals surface area (Å²) >= 11 is 0. The highest BCUT2D eigenvalue weighted by molar-refractivity contribution is 6.26. The summed E-state index contributed by atoms with van der Waals surface area (Å²) in [7, 11) is 0. The molecule has 0 radical (unpaired) electrons. The number of rotatable bonds is 4. The van der Waals surface area contributed by atoms with Crippen molar-refractivity contribution in [2.75, 3.05) is 0 Å². The zero-order valence-electron chi connectivity index (χ0n) is 31.6. The maximum atomic E-state index is 2.57. The first-order valence-corrected chi connectivity index (χ1v) is 21.0. The van der Waals surface area contributed by atoms with E-state index in [1.54, 1.807) is 22.3 Å². The molecular weight excluding hydrogens is 673 g/mol. The summed E-state index contributed by atoms with van der Waals surface area (Å²) < 4.78 is 0. The van der Waals surface area contributed by atoms with Crippen LogP contribution in [0, 0.1) is 0 Å². The SMILES string of the molecule is c1cc(-c2ccc3c(-c4cccc5ccccc45)c4cc(-c5cccc6c5C5CCC6C5)ccc4c(-c4cccc5ccccc45)c3c2)c2c(c1)C1CCC2C1. The minimum atomic E-state index is 0.690. The van der Waals surface area contributed by atoms with Gasteiger partial charge in [0.1, 0.15) is 0 Å². The van der Waals surface area contributed by atoms with E-state index < -0.39 is 0 Å². The van der Waals surface area contributed by atoms with Crippen LogP contribution in [0.3, 0.4) is 0 Å². The molecule has 9 aromatic carbocycles. The normalized spacial score (nSPS) is 20.4. The lowest BCUT2D eigenvalue weighted by molar-refractivity contribution is 0.719. The third-order valence-corrected chi connectivity index (χ3v) is 14.7. The van der Waals surface area contributed by atoms with Crippen LogP contribution in [0.15, 0.2) is 158 Å². The smallest absolute Gasteiger partial charge is 0.00199 e. The van der Waals surface area contributed by atoms with Crippen molar-refractivity contribution in [2.45, 2.75) is 62.2 Å². The first-order valence-electron chi connectivity index (χ1n) is 21.0. The van der Waals surface area contributed by atoms with Crippen molar-refractivity contribution in [1.82, 2.24) is 0 Å². The molecule has 0 nitrogen and oxygen atoms in total. The molecular formula is C56H42. The Bertz CT molecular complexity index is 2900. The van der Waals surface area contributed by atoms with E-state index in [9.17, 15) is 0 Å². The van der Waals surface area contributed by atoms with Crippen molar-refractivity contribution in [3.8, 4) is 44.5 Å². The standard InChI is InChI=1S/C56H42/c1-3-13-41-33(9-1)11-5-19-47(41)55-49-27-25-38(46-18-8-16-44-36-22-24-40(30-36)54(44)46)32-52(49)56(48-20-6-12-34-10-2-4-14-42(34)48)50-28-26-37(31-51(50)55)45-17-7-15-43-35-21-23-39(29-35)53(43)45/h1-20,25-28,31-32,35-36,39-40H,21-24,29-30H2. The van der Waals surface area contributed by atoms with Crippen LogP contribution in [0.2, 0.25) is 0 Å². The van der Waals surface area contributed by atoms with Crippen molar-refractivity contribution >= 4 is 43.1 Å². The Balaban J connectivity index is 1.18. The number of hydrogen-bond acceptors (Lipinski definition) is 0. The van der Waals surface area contributed by atoms with Gasteiger partial charge in [0, 0.05) is 0 Å². The van der Waals surface area contributed by atoms with Gasteiger partial charge in [0.25, 0.3) is 0 Å². The van der Waals surface area contributed by atoms with Crippen LogP contribution in [0.25, 0.3) is 87.6 Å². The molecule has 0 N–H and O–H groups in total. The number of fused-ring (bicyclic) bond motifs is 14. The van der Waals surface area contributed by atoms with Gasteiger partial charge >= 0.3 is 0 Å². The first kappa shape index (κ1) is 31.2. The molecule has 2 fully saturated rings. The lowest BCUT2D eigenvalue weighted by Crippen LogP contribution is -2.01. The maximum Gasteiger partial charge on any atom is -0.00199 e. The molecule has 9 aromatic rings. The third kappa shape index (κ3) is 4.36. The van der Waals surface area contributed by atoms with Crippen molar-refractivity contribution in [1.29, 1.82) is 0 Å². The second-order valence-corrected chi connectivity index (χ2v) is 17.4. The van der Waals surface area contributed by atoms with Gasteiger partial charge in [-0.25, -0.2) is 0 Å². The lowest BCUT2D eigenvalue weighted by Gasteiger charge is -2.23. The van der Waals surface area contributed by atoms with E-state index >= 15 is 0 Å². The largest absolute Gasteiger partial charge is 0.0616 e. The molecule has 4 aliphatic carbocycles. The molecule has 56 heavy (non-hydrogen) atoms. The summed E-state index contributed by atoms with van der Waals surface area (Å²) in [6.07, 6.45) is 8.00. The van der Waals surface area contributed by atoms with Crippen molar-refractivity contribution in [2.24, 2.45) is 0 Å². The molecule has 0 amide bonds. The summed E-state index contributed by atoms with van der Waals surface area (Å²) in [5.41, 5.74) is 17.3. The molecule has 4 unspecified atom stereocenters. The van der Waals surface area contributed by atoms with Crippen LogP contribution < -0.4 is 0 Å². The van der Waals surface area contributed by atoms with E-state index in [0.717, 1.165) is 11.8 Å². The average Bonchev–Trinajstić information content (AvgIpc) is 4.09. The molecule has 4 atom stereocenters. The second-order valence-electron chi connectivity index (χ2n) is 17.4. The predicted octanol–water partition coefficient (Wildman–Crippen LogP) is 15.7. The summed E-state index contributed by atoms with van der Waals surface area (Å²) in [5.74, 6) is 2.85. The van der Waals surface area contributed by atoms with E-state index in [1.165, 1.54) is 126 Å². The van der Waals surface area contributed by atoms with Crippen molar-refractivity contribution in [3.05, 3.63) is 180 Å². The molecule has 4 aliphatic rings. The van der Waals surface area contributed by atoms with Crippen LogP contribution >= 0.6 is 0 Å². The fourth-order valence-corrected chi connectivity index (χ4v) is 12.4. The topological polar surface area (TPSA) is 0 Å². The van der Waals surface area contributed by atoms with Gasteiger partial charge in [-0.2, -0.15) is 0 Å². The molecule has 0 heterocycles. The molecule has 0 saturated heterocycles. The summed E-state index contributed by atoms with van der Waals surface area (Å²) in [6.45, 7) is 0. The van der Waals surface area contributed by atoms with E-state index in [0.29, 0.717) is 11.8 Å². The fourth-order valence-electron chi connectivity index (χ4n) is 12.4.